The van der Waals surface area contributed by atoms with Crippen molar-refractivity contribution < 1.29 is 14.3 Å². The highest BCUT2D eigenvalue weighted by atomic mass is 16.5. The summed E-state index contributed by atoms with van der Waals surface area (Å²) in [6.45, 7) is 3.08. The molecule has 0 saturated heterocycles. The predicted molar refractivity (Wildman–Crippen MR) is 117 cm³/mol. The van der Waals surface area contributed by atoms with Crippen molar-refractivity contribution in [3.05, 3.63) is 90.0 Å². The van der Waals surface area contributed by atoms with E-state index in [1.807, 2.05) is 78.6 Å². The molecule has 0 spiro atoms. The molecule has 0 unspecified atom stereocenters. The number of anilines is 1. The summed E-state index contributed by atoms with van der Waals surface area (Å²) in [5, 5.41) is 0. The zero-order chi connectivity index (χ0) is 20.5. The lowest BCUT2D eigenvalue weighted by atomic mass is 10.1. The maximum atomic E-state index is 13.1. The Bertz CT molecular complexity index is 890. The SMILES string of the molecule is CCOc1ccc(N(Cc2ccc(OC)cc2)C(=O)CCc2ccccc2)cc1. The van der Waals surface area contributed by atoms with Crippen molar-refractivity contribution in [2.45, 2.75) is 26.3 Å². The lowest BCUT2D eigenvalue weighted by Gasteiger charge is -2.24. The molecule has 0 heterocycles. The third-order valence-electron chi connectivity index (χ3n) is 4.73. The lowest BCUT2D eigenvalue weighted by molar-refractivity contribution is -0.118. The second kappa shape index (κ2) is 10.3. The van der Waals surface area contributed by atoms with Crippen LogP contribution in [0.2, 0.25) is 0 Å². The summed E-state index contributed by atoms with van der Waals surface area (Å²) in [5.74, 6) is 1.70. The van der Waals surface area contributed by atoms with E-state index in [0.29, 0.717) is 19.6 Å². The van der Waals surface area contributed by atoms with Crippen LogP contribution >= 0.6 is 0 Å². The number of hydrogen-bond donors (Lipinski definition) is 0. The highest BCUT2D eigenvalue weighted by molar-refractivity contribution is 5.93. The number of hydrogen-bond acceptors (Lipinski definition) is 3. The van der Waals surface area contributed by atoms with Gasteiger partial charge in [-0.3, -0.25) is 4.79 Å². The van der Waals surface area contributed by atoms with Crippen molar-refractivity contribution in [2.75, 3.05) is 18.6 Å². The summed E-state index contributed by atoms with van der Waals surface area (Å²) < 4.78 is 10.8. The van der Waals surface area contributed by atoms with Gasteiger partial charge in [-0.1, -0.05) is 42.5 Å². The first kappa shape index (κ1) is 20.5. The largest absolute Gasteiger partial charge is 0.497 e. The second-order valence-electron chi connectivity index (χ2n) is 6.74. The molecule has 4 heteroatoms. The first-order valence-electron chi connectivity index (χ1n) is 9.89. The molecule has 0 atom stereocenters. The van der Waals surface area contributed by atoms with Gasteiger partial charge in [0.1, 0.15) is 11.5 Å². The minimum Gasteiger partial charge on any atom is -0.497 e. The number of nitrogens with zero attached hydrogens (tertiary/aromatic N) is 1. The molecule has 1 amide bonds. The van der Waals surface area contributed by atoms with Gasteiger partial charge in [0.2, 0.25) is 5.91 Å². The molecule has 3 aromatic rings. The van der Waals surface area contributed by atoms with Gasteiger partial charge in [-0.2, -0.15) is 0 Å². The first-order valence-corrected chi connectivity index (χ1v) is 9.89. The van der Waals surface area contributed by atoms with Gasteiger partial charge in [0.25, 0.3) is 0 Å². The molecule has 0 fully saturated rings. The fraction of sp³-hybridized carbons (Fsp3) is 0.240. The molecule has 3 aromatic carbocycles. The van der Waals surface area contributed by atoms with Crippen LogP contribution < -0.4 is 14.4 Å². The van der Waals surface area contributed by atoms with E-state index < -0.39 is 0 Å². The Morgan fingerprint density at radius 3 is 2.10 bits per heavy atom. The van der Waals surface area contributed by atoms with Gasteiger partial charge in [0.05, 0.1) is 20.3 Å². The molecule has 0 aliphatic heterocycles. The summed E-state index contributed by atoms with van der Waals surface area (Å²) in [4.78, 5) is 15.0. The maximum Gasteiger partial charge on any atom is 0.227 e. The van der Waals surface area contributed by atoms with E-state index in [4.69, 9.17) is 9.47 Å². The summed E-state index contributed by atoms with van der Waals surface area (Å²) in [7, 11) is 1.65. The van der Waals surface area contributed by atoms with Gasteiger partial charge >= 0.3 is 0 Å². The number of amides is 1. The molecule has 0 aromatic heterocycles. The van der Waals surface area contributed by atoms with E-state index in [1.54, 1.807) is 7.11 Å². The fourth-order valence-corrected chi connectivity index (χ4v) is 3.16. The number of methoxy groups -OCH3 is 1. The third kappa shape index (κ3) is 5.85. The Morgan fingerprint density at radius 1 is 0.828 bits per heavy atom. The molecule has 0 N–H and O–H groups in total. The molecule has 3 rings (SSSR count). The summed E-state index contributed by atoms with van der Waals surface area (Å²) in [5.41, 5.74) is 3.08. The molecule has 0 radical (unpaired) electrons. The van der Waals surface area contributed by atoms with Crippen LogP contribution in [0.5, 0.6) is 11.5 Å². The van der Waals surface area contributed by atoms with Crippen molar-refractivity contribution in [3.8, 4) is 11.5 Å². The molecule has 29 heavy (non-hydrogen) atoms. The molecule has 0 saturated carbocycles. The Morgan fingerprint density at radius 2 is 1.48 bits per heavy atom. The van der Waals surface area contributed by atoms with Crippen LogP contribution in [0.4, 0.5) is 5.69 Å². The third-order valence-corrected chi connectivity index (χ3v) is 4.73. The normalized spacial score (nSPS) is 10.4. The van der Waals surface area contributed by atoms with Crippen molar-refractivity contribution in [1.82, 2.24) is 0 Å². The van der Waals surface area contributed by atoms with Crippen LogP contribution in [0.15, 0.2) is 78.9 Å². The number of carbonyl (C=O) groups is 1. The topological polar surface area (TPSA) is 38.8 Å². The Kier molecular flexibility index (Phi) is 7.28. The zero-order valence-electron chi connectivity index (χ0n) is 17.0. The van der Waals surface area contributed by atoms with Gasteiger partial charge in [-0.15, -0.1) is 0 Å². The van der Waals surface area contributed by atoms with E-state index in [-0.39, 0.29) is 5.91 Å². The summed E-state index contributed by atoms with van der Waals surface area (Å²) in [6, 6.07) is 25.6. The van der Waals surface area contributed by atoms with Crippen LogP contribution in [0.1, 0.15) is 24.5 Å². The van der Waals surface area contributed by atoms with Crippen LogP contribution in [0.3, 0.4) is 0 Å². The molecule has 150 valence electrons. The number of ether oxygens (including phenoxy) is 2. The first-order chi connectivity index (χ1) is 14.2. The predicted octanol–water partition coefficient (Wildman–Crippen LogP) is 5.26. The quantitative estimate of drug-likeness (QED) is 0.501. The molecule has 0 bridgehead atoms. The Hall–Kier alpha value is -3.27. The van der Waals surface area contributed by atoms with E-state index in [0.717, 1.165) is 34.7 Å². The number of aryl methyl sites for hydroxylation is 1. The van der Waals surface area contributed by atoms with Gasteiger partial charge in [-0.05, 0) is 60.9 Å². The molecule has 4 nitrogen and oxygen atoms in total. The van der Waals surface area contributed by atoms with Crippen LogP contribution in [0.25, 0.3) is 0 Å². The van der Waals surface area contributed by atoms with Crippen molar-refractivity contribution in [1.29, 1.82) is 0 Å². The van der Waals surface area contributed by atoms with Crippen molar-refractivity contribution in [2.24, 2.45) is 0 Å². The number of benzene rings is 3. The fourth-order valence-electron chi connectivity index (χ4n) is 3.16. The molecular formula is C25H27NO3. The lowest BCUT2D eigenvalue weighted by Crippen LogP contribution is -2.30. The van der Waals surface area contributed by atoms with Crippen molar-refractivity contribution in [3.63, 3.8) is 0 Å². The summed E-state index contributed by atoms with van der Waals surface area (Å²) in [6.07, 6.45) is 1.17. The average molecular weight is 389 g/mol. The zero-order valence-corrected chi connectivity index (χ0v) is 17.0. The second-order valence-corrected chi connectivity index (χ2v) is 6.74. The van der Waals surface area contributed by atoms with Crippen LogP contribution in [0, 0.1) is 0 Å². The molecular weight excluding hydrogens is 362 g/mol. The minimum absolute atomic E-state index is 0.0915. The minimum atomic E-state index is 0.0915. The smallest absolute Gasteiger partial charge is 0.227 e. The van der Waals surface area contributed by atoms with E-state index in [2.05, 4.69) is 12.1 Å². The number of carbonyl (C=O) groups excluding carboxylic acids is 1. The van der Waals surface area contributed by atoms with Gasteiger partial charge in [0, 0.05) is 12.1 Å². The van der Waals surface area contributed by atoms with Crippen molar-refractivity contribution >= 4 is 11.6 Å². The van der Waals surface area contributed by atoms with Gasteiger partial charge in [0.15, 0.2) is 0 Å². The standard InChI is InChI=1S/C25H27NO3/c1-3-29-24-16-12-22(13-17-24)26(19-21-9-14-23(28-2)15-10-21)25(27)18-11-20-7-5-4-6-8-20/h4-10,12-17H,3,11,18-19H2,1-2H3. The van der Waals surface area contributed by atoms with E-state index in [9.17, 15) is 4.79 Å². The monoisotopic (exact) mass is 389 g/mol. The Balaban J connectivity index is 1.78. The van der Waals surface area contributed by atoms with E-state index >= 15 is 0 Å². The van der Waals surface area contributed by atoms with Crippen LogP contribution in [-0.4, -0.2) is 19.6 Å². The highest BCUT2D eigenvalue weighted by Crippen LogP contribution is 2.23. The van der Waals surface area contributed by atoms with E-state index in [1.165, 1.54) is 0 Å². The maximum absolute atomic E-state index is 13.1. The number of rotatable bonds is 9. The van der Waals surface area contributed by atoms with Gasteiger partial charge in [-0.25, -0.2) is 0 Å². The van der Waals surface area contributed by atoms with Gasteiger partial charge < -0.3 is 14.4 Å². The highest BCUT2D eigenvalue weighted by Gasteiger charge is 2.16. The average Bonchev–Trinajstić information content (AvgIpc) is 2.78. The molecule has 0 aliphatic rings. The van der Waals surface area contributed by atoms with Crippen LogP contribution in [-0.2, 0) is 17.8 Å². The molecule has 0 aliphatic carbocycles. The Labute approximate surface area is 172 Å². The summed E-state index contributed by atoms with van der Waals surface area (Å²) >= 11 is 0.